The second-order valence-electron chi connectivity index (χ2n) is 6.13. The number of benzene rings is 1. The van der Waals surface area contributed by atoms with E-state index in [1.54, 1.807) is 19.1 Å². The molecular formula is C18H24N2O4S2. The van der Waals surface area contributed by atoms with Gasteiger partial charge in [-0.3, -0.25) is 4.79 Å². The Morgan fingerprint density at radius 1 is 1.27 bits per heavy atom. The maximum absolute atomic E-state index is 13.1. The summed E-state index contributed by atoms with van der Waals surface area (Å²) in [4.78, 5) is 12.3. The van der Waals surface area contributed by atoms with Gasteiger partial charge >= 0.3 is 0 Å². The zero-order chi connectivity index (χ0) is 19.3. The molecule has 0 saturated carbocycles. The summed E-state index contributed by atoms with van der Waals surface area (Å²) >= 11 is 1.51. The summed E-state index contributed by atoms with van der Waals surface area (Å²) in [7, 11) is -3.86. The van der Waals surface area contributed by atoms with Gasteiger partial charge in [0.25, 0.3) is 0 Å². The van der Waals surface area contributed by atoms with Crippen molar-refractivity contribution in [2.24, 2.45) is 5.92 Å². The minimum Gasteiger partial charge on any atom is -0.492 e. The van der Waals surface area contributed by atoms with Gasteiger partial charge in [-0.1, -0.05) is 19.9 Å². The highest BCUT2D eigenvalue weighted by molar-refractivity contribution is 7.89. The van der Waals surface area contributed by atoms with Crippen molar-refractivity contribution < 1.29 is 17.9 Å². The van der Waals surface area contributed by atoms with Gasteiger partial charge in [0.05, 0.1) is 12.6 Å². The van der Waals surface area contributed by atoms with Gasteiger partial charge < -0.3 is 10.1 Å². The van der Waals surface area contributed by atoms with Crippen LogP contribution in [0.5, 0.6) is 5.75 Å². The molecule has 2 aromatic rings. The van der Waals surface area contributed by atoms with Crippen LogP contribution < -0.4 is 14.8 Å². The van der Waals surface area contributed by atoms with E-state index < -0.39 is 10.0 Å². The first kappa shape index (κ1) is 20.4. The Hall–Kier alpha value is -1.90. The highest BCUT2D eigenvalue weighted by Crippen LogP contribution is 2.32. The molecule has 2 N–H and O–H groups in total. The van der Waals surface area contributed by atoms with Crippen LogP contribution in [-0.4, -0.2) is 20.9 Å². The number of carbonyl (C=O) groups excluding carboxylic acids is 1. The third kappa shape index (κ3) is 5.06. The van der Waals surface area contributed by atoms with Gasteiger partial charge in [0, 0.05) is 17.5 Å². The van der Waals surface area contributed by atoms with Gasteiger partial charge in [-0.2, -0.15) is 0 Å². The third-order valence-electron chi connectivity index (χ3n) is 3.65. The van der Waals surface area contributed by atoms with Gasteiger partial charge in [-0.05, 0) is 42.5 Å². The van der Waals surface area contributed by atoms with Gasteiger partial charge in [0.1, 0.15) is 10.6 Å². The van der Waals surface area contributed by atoms with Crippen LogP contribution in [0.2, 0.25) is 0 Å². The Labute approximate surface area is 158 Å². The van der Waals surface area contributed by atoms with Gasteiger partial charge in [-0.25, -0.2) is 13.1 Å². The van der Waals surface area contributed by atoms with Crippen LogP contribution in [0.15, 0.2) is 40.6 Å². The Kier molecular flexibility index (Phi) is 6.80. The average molecular weight is 397 g/mol. The van der Waals surface area contributed by atoms with Crippen LogP contribution in [0, 0.1) is 5.92 Å². The number of nitrogens with one attached hydrogen (secondary N) is 2. The van der Waals surface area contributed by atoms with Crippen molar-refractivity contribution in [3.05, 3.63) is 40.6 Å². The molecule has 0 fully saturated rings. The highest BCUT2D eigenvalue weighted by atomic mass is 32.2. The molecule has 142 valence electrons. The normalized spacial score (nSPS) is 12.8. The molecular weight excluding hydrogens is 372 g/mol. The second-order valence-corrected chi connectivity index (χ2v) is 8.80. The van der Waals surface area contributed by atoms with E-state index in [4.69, 9.17) is 4.74 Å². The van der Waals surface area contributed by atoms with Crippen molar-refractivity contribution in [2.45, 2.75) is 38.6 Å². The molecule has 1 atom stereocenters. The summed E-state index contributed by atoms with van der Waals surface area (Å²) in [6.07, 6.45) is 0. The summed E-state index contributed by atoms with van der Waals surface area (Å²) < 4.78 is 34.4. The Bertz CT molecular complexity index is 846. The average Bonchev–Trinajstić information content (AvgIpc) is 3.07. The molecule has 0 aliphatic rings. The molecule has 0 radical (unpaired) electrons. The van der Waals surface area contributed by atoms with Crippen LogP contribution in [0.1, 0.15) is 38.6 Å². The molecule has 6 nitrogen and oxygen atoms in total. The van der Waals surface area contributed by atoms with Crippen LogP contribution in [0.4, 0.5) is 5.69 Å². The number of sulfonamides is 1. The maximum Gasteiger partial charge on any atom is 0.244 e. The number of ether oxygens (including phenoxy) is 1. The fourth-order valence-corrected chi connectivity index (χ4v) is 5.05. The van der Waals surface area contributed by atoms with Gasteiger partial charge in [-0.15, -0.1) is 11.3 Å². The van der Waals surface area contributed by atoms with Crippen LogP contribution in [0.25, 0.3) is 0 Å². The zero-order valence-electron chi connectivity index (χ0n) is 15.3. The largest absolute Gasteiger partial charge is 0.492 e. The summed E-state index contributed by atoms with van der Waals surface area (Å²) in [5.74, 6) is 0.0457. The second kappa shape index (κ2) is 8.66. The van der Waals surface area contributed by atoms with Crippen molar-refractivity contribution in [2.75, 3.05) is 11.9 Å². The molecule has 26 heavy (non-hydrogen) atoms. The number of rotatable bonds is 8. The van der Waals surface area contributed by atoms with E-state index in [1.807, 2.05) is 31.4 Å². The minimum absolute atomic E-state index is 0.00723. The lowest BCUT2D eigenvalue weighted by molar-refractivity contribution is -0.114. The standard InChI is InChI=1S/C18H24N2O4S2/c1-5-24-15-9-8-14(19-13(4)21)11-17(15)26(22,23)20-18(12(2)3)16-7-6-10-25-16/h6-12,18,20H,5H2,1-4H3,(H,19,21)/t18-/m1/s1. The van der Waals surface area contributed by atoms with E-state index in [-0.39, 0.29) is 28.5 Å². The fraction of sp³-hybridized carbons (Fsp3) is 0.389. The minimum atomic E-state index is -3.86. The molecule has 1 aromatic heterocycles. The highest BCUT2D eigenvalue weighted by Gasteiger charge is 2.27. The molecule has 0 unspecified atom stereocenters. The van der Waals surface area contributed by atoms with Crippen molar-refractivity contribution in [1.82, 2.24) is 4.72 Å². The van der Waals surface area contributed by atoms with Crippen LogP contribution in [0.3, 0.4) is 0 Å². The first-order chi connectivity index (χ1) is 12.2. The first-order valence-electron chi connectivity index (χ1n) is 8.34. The first-order valence-corrected chi connectivity index (χ1v) is 10.7. The third-order valence-corrected chi connectivity index (χ3v) is 6.07. The van der Waals surface area contributed by atoms with E-state index >= 15 is 0 Å². The molecule has 0 aliphatic carbocycles. The summed E-state index contributed by atoms with van der Waals surface area (Å²) in [6, 6.07) is 8.05. The molecule has 0 saturated heterocycles. The molecule has 1 aromatic carbocycles. The number of thiophene rings is 1. The maximum atomic E-state index is 13.1. The lowest BCUT2D eigenvalue weighted by Crippen LogP contribution is -2.31. The number of anilines is 1. The lowest BCUT2D eigenvalue weighted by Gasteiger charge is -2.22. The van der Waals surface area contributed by atoms with Crippen LogP contribution in [-0.2, 0) is 14.8 Å². The fourth-order valence-electron chi connectivity index (χ4n) is 2.50. The molecule has 0 bridgehead atoms. The van der Waals surface area contributed by atoms with E-state index in [2.05, 4.69) is 10.0 Å². The molecule has 8 heteroatoms. The Balaban J connectivity index is 2.43. The van der Waals surface area contributed by atoms with E-state index in [0.717, 1.165) is 4.88 Å². The van der Waals surface area contributed by atoms with Crippen molar-refractivity contribution >= 4 is 33.0 Å². The molecule has 0 spiro atoms. The predicted octanol–water partition coefficient (Wildman–Crippen LogP) is 3.78. The number of hydrogen-bond donors (Lipinski definition) is 2. The molecule has 1 amide bonds. The Morgan fingerprint density at radius 2 is 2.00 bits per heavy atom. The van der Waals surface area contributed by atoms with Gasteiger partial charge in [0.15, 0.2) is 0 Å². The quantitative estimate of drug-likeness (QED) is 0.711. The smallest absolute Gasteiger partial charge is 0.244 e. The van der Waals surface area contributed by atoms with Crippen LogP contribution >= 0.6 is 11.3 Å². The van der Waals surface area contributed by atoms with Crippen molar-refractivity contribution in [3.8, 4) is 5.75 Å². The zero-order valence-corrected chi connectivity index (χ0v) is 16.9. The topological polar surface area (TPSA) is 84.5 Å². The number of amides is 1. The summed E-state index contributed by atoms with van der Waals surface area (Å²) in [5, 5.41) is 4.52. The Morgan fingerprint density at radius 3 is 2.54 bits per heavy atom. The molecule has 1 heterocycles. The SMILES string of the molecule is CCOc1ccc(NC(C)=O)cc1S(=O)(=O)N[C@@H](c1cccs1)C(C)C. The summed E-state index contributed by atoms with van der Waals surface area (Å²) in [5.41, 5.74) is 0.401. The number of hydrogen-bond acceptors (Lipinski definition) is 5. The number of carbonyl (C=O) groups is 1. The van der Waals surface area contributed by atoms with E-state index in [9.17, 15) is 13.2 Å². The van der Waals surface area contributed by atoms with Gasteiger partial charge in [0.2, 0.25) is 15.9 Å². The predicted molar refractivity (Wildman–Crippen MR) is 104 cm³/mol. The van der Waals surface area contributed by atoms with Crippen molar-refractivity contribution in [1.29, 1.82) is 0 Å². The lowest BCUT2D eigenvalue weighted by atomic mass is 10.0. The molecule has 0 aliphatic heterocycles. The van der Waals surface area contributed by atoms with E-state index in [1.165, 1.54) is 24.3 Å². The molecule has 2 rings (SSSR count). The summed E-state index contributed by atoms with van der Waals surface area (Å²) in [6.45, 7) is 7.41. The van der Waals surface area contributed by atoms with E-state index in [0.29, 0.717) is 12.3 Å². The van der Waals surface area contributed by atoms with Crippen molar-refractivity contribution in [3.63, 3.8) is 0 Å². The monoisotopic (exact) mass is 396 g/mol.